The Morgan fingerprint density at radius 1 is 1.50 bits per heavy atom. The molecule has 1 fully saturated rings. The normalized spacial score (nSPS) is 21.8. The third-order valence-corrected chi connectivity index (χ3v) is 2.58. The second kappa shape index (κ2) is 4.00. The van der Waals surface area contributed by atoms with E-state index in [-0.39, 0.29) is 11.6 Å². The maximum Gasteiger partial charge on any atom is 0.280 e. The van der Waals surface area contributed by atoms with Gasteiger partial charge in [-0.25, -0.2) is 8.78 Å². The van der Waals surface area contributed by atoms with Gasteiger partial charge in [-0.1, -0.05) is 6.07 Å². The van der Waals surface area contributed by atoms with Crippen molar-refractivity contribution in [1.29, 1.82) is 0 Å². The summed E-state index contributed by atoms with van der Waals surface area (Å²) in [6.07, 6.45) is -0.120. The Morgan fingerprint density at radius 2 is 2.36 bits per heavy atom. The van der Waals surface area contributed by atoms with Gasteiger partial charge in [0.1, 0.15) is 5.69 Å². The number of hydrogen-bond donors (Lipinski definition) is 1. The van der Waals surface area contributed by atoms with Crippen LogP contribution < -0.4 is 5.32 Å². The molecule has 1 aliphatic rings. The molecule has 0 amide bonds. The van der Waals surface area contributed by atoms with Crippen molar-refractivity contribution in [2.75, 3.05) is 13.1 Å². The standard InChI is InChI=1S/C10H12F2N2/c11-10(12)9-8(2-1-4-14-9)7-3-5-13-6-7/h1-2,4,7,10,13H,3,5-6H2. The van der Waals surface area contributed by atoms with Crippen LogP contribution in [0.3, 0.4) is 0 Å². The monoisotopic (exact) mass is 198 g/mol. The predicted molar refractivity (Wildman–Crippen MR) is 49.4 cm³/mol. The van der Waals surface area contributed by atoms with Crippen LogP contribution >= 0.6 is 0 Å². The molecular weight excluding hydrogens is 186 g/mol. The summed E-state index contributed by atoms with van der Waals surface area (Å²) < 4.78 is 25.2. The SMILES string of the molecule is FC(F)c1ncccc1C1CCNC1. The molecular formula is C10H12F2N2. The van der Waals surface area contributed by atoms with Gasteiger partial charge >= 0.3 is 0 Å². The predicted octanol–water partition coefficient (Wildman–Crippen LogP) is 2.10. The third kappa shape index (κ3) is 1.75. The van der Waals surface area contributed by atoms with E-state index in [0.29, 0.717) is 5.56 Å². The lowest BCUT2D eigenvalue weighted by molar-refractivity contribution is 0.144. The summed E-state index contributed by atoms with van der Waals surface area (Å²) in [7, 11) is 0. The van der Waals surface area contributed by atoms with Gasteiger partial charge in [0.2, 0.25) is 0 Å². The molecule has 0 aliphatic carbocycles. The minimum atomic E-state index is -2.47. The highest BCUT2D eigenvalue weighted by Crippen LogP contribution is 2.29. The fourth-order valence-electron chi connectivity index (χ4n) is 1.88. The van der Waals surface area contributed by atoms with Crippen molar-refractivity contribution in [3.05, 3.63) is 29.6 Å². The summed E-state index contributed by atoms with van der Waals surface area (Å²) in [5.74, 6) is 0.202. The van der Waals surface area contributed by atoms with Crippen LogP contribution in [-0.4, -0.2) is 18.1 Å². The lowest BCUT2D eigenvalue weighted by Crippen LogP contribution is -2.10. The molecule has 14 heavy (non-hydrogen) atoms. The Balaban J connectivity index is 2.30. The smallest absolute Gasteiger partial charge is 0.280 e. The van der Waals surface area contributed by atoms with Crippen LogP contribution in [0.4, 0.5) is 8.78 Å². The van der Waals surface area contributed by atoms with E-state index in [9.17, 15) is 8.78 Å². The molecule has 0 bridgehead atoms. The quantitative estimate of drug-likeness (QED) is 0.787. The summed E-state index contributed by atoms with van der Waals surface area (Å²) in [6, 6.07) is 3.48. The van der Waals surface area contributed by atoms with Gasteiger partial charge < -0.3 is 5.32 Å². The summed E-state index contributed by atoms with van der Waals surface area (Å²) in [5.41, 5.74) is 0.647. The summed E-state index contributed by atoms with van der Waals surface area (Å²) in [4.78, 5) is 3.74. The van der Waals surface area contributed by atoms with Crippen LogP contribution in [0, 0.1) is 0 Å². The van der Waals surface area contributed by atoms with E-state index in [0.717, 1.165) is 19.5 Å². The first kappa shape index (κ1) is 9.52. The summed E-state index contributed by atoms with van der Waals surface area (Å²) >= 11 is 0. The number of pyridine rings is 1. The average Bonchev–Trinajstić information content (AvgIpc) is 2.70. The van der Waals surface area contributed by atoms with Crippen LogP contribution in [0.1, 0.15) is 30.0 Å². The molecule has 2 heterocycles. The first-order valence-electron chi connectivity index (χ1n) is 4.72. The minimum absolute atomic E-state index is 0.0544. The van der Waals surface area contributed by atoms with Gasteiger partial charge in [0, 0.05) is 12.7 Å². The van der Waals surface area contributed by atoms with Crippen molar-refractivity contribution in [3.63, 3.8) is 0 Å². The molecule has 2 rings (SSSR count). The van der Waals surface area contributed by atoms with E-state index in [1.54, 1.807) is 12.1 Å². The van der Waals surface area contributed by atoms with Crippen molar-refractivity contribution in [2.45, 2.75) is 18.8 Å². The highest BCUT2D eigenvalue weighted by atomic mass is 19.3. The molecule has 1 aromatic heterocycles. The first-order valence-corrected chi connectivity index (χ1v) is 4.72. The maximum atomic E-state index is 12.6. The van der Waals surface area contributed by atoms with Crippen LogP contribution in [0.2, 0.25) is 0 Å². The Morgan fingerprint density at radius 3 is 3.00 bits per heavy atom. The molecule has 1 saturated heterocycles. The van der Waals surface area contributed by atoms with E-state index in [1.807, 2.05) is 0 Å². The topological polar surface area (TPSA) is 24.9 Å². The maximum absolute atomic E-state index is 12.6. The van der Waals surface area contributed by atoms with Gasteiger partial charge in [-0.2, -0.15) is 0 Å². The fraction of sp³-hybridized carbons (Fsp3) is 0.500. The second-order valence-corrected chi connectivity index (χ2v) is 3.47. The molecule has 2 nitrogen and oxygen atoms in total. The van der Waals surface area contributed by atoms with Crippen molar-refractivity contribution in [2.24, 2.45) is 0 Å². The fourth-order valence-corrected chi connectivity index (χ4v) is 1.88. The molecule has 1 aliphatic heterocycles. The third-order valence-electron chi connectivity index (χ3n) is 2.58. The van der Waals surface area contributed by atoms with Crippen LogP contribution in [-0.2, 0) is 0 Å². The number of nitrogens with one attached hydrogen (secondary N) is 1. The lowest BCUT2D eigenvalue weighted by Gasteiger charge is -2.12. The summed E-state index contributed by atoms with van der Waals surface area (Å²) in [6.45, 7) is 1.69. The highest BCUT2D eigenvalue weighted by Gasteiger charge is 2.23. The molecule has 0 spiro atoms. The zero-order valence-corrected chi connectivity index (χ0v) is 7.71. The number of aromatic nitrogens is 1. The van der Waals surface area contributed by atoms with Crippen molar-refractivity contribution < 1.29 is 8.78 Å². The molecule has 1 atom stereocenters. The van der Waals surface area contributed by atoms with Crippen molar-refractivity contribution in [3.8, 4) is 0 Å². The second-order valence-electron chi connectivity index (χ2n) is 3.47. The average molecular weight is 198 g/mol. The molecule has 1 unspecified atom stereocenters. The number of hydrogen-bond acceptors (Lipinski definition) is 2. The van der Waals surface area contributed by atoms with Gasteiger partial charge in [0.25, 0.3) is 6.43 Å². The van der Waals surface area contributed by atoms with Gasteiger partial charge in [0.05, 0.1) is 0 Å². The zero-order chi connectivity index (χ0) is 9.97. The van der Waals surface area contributed by atoms with E-state index < -0.39 is 6.43 Å². The number of rotatable bonds is 2. The Labute approximate surface area is 81.4 Å². The Kier molecular flexibility index (Phi) is 2.72. The molecule has 1 N–H and O–H groups in total. The molecule has 0 radical (unpaired) electrons. The molecule has 4 heteroatoms. The summed E-state index contributed by atoms with van der Waals surface area (Å²) in [5, 5.41) is 3.16. The Hall–Kier alpha value is -1.03. The Bertz CT molecular complexity index is 309. The number of halogens is 2. The number of alkyl halides is 2. The largest absolute Gasteiger partial charge is 0.316 e. The van der Waals surface area contributed by atoms with Gasteiger partial charge in [-0.05, 0) is 30.5 Å². The van der Waals surface area contributed by atoms with E-state index in [1.165, 1.54) is 6.20 Å². The van der Waals surface area contributed by atoms with E-state index in [2.05, 4.69) is 10.3 Å². The van der Waals surface area contributed by atoms with Crippen LogP contribution in [0.25, 0.3) is 0 Å². The van der Waals surface area contributed by atoms with E-state index >= 15 is 0 Å². The van der Waals surface area contributed by atoms with Crippen LogP contribution in [0.5, 0.6) is 0 Å². The lowest BCUT2D eigenvalue weighted by atomic mass is 9.97. The zero-order valence-electron chi connectivity index (χ0n) is 7.71. The van der Waals surface area contributed by atoms with Gasteiger partial charge in [-0.3, -0.25) is 4.98 Å². The van der Waals surface area contributed by atoms with Gasteiger partial charge in [-0.15, -0.1) is 0 Å². The first-order chi connectivity index (χ1) is 6.79. The van der Waals surface area contributed by atoms with E-state index in [4.69, 9.17) is 0 Å². The molecule has 0 saturated carbocycles. The van der Waals surface area contributed by atoms with Crippen molar-refractivity contribution in [1.82, 2.24) is 10.3 Å². The van der Waals surface area contributed by atoms with Crippen molar-refractivity contribution >= 4 is 0 Å². The minimum Gasteiger partial charge on any atom is -0.316 e. The van der Waals surface area contributed by atoms with Crippen LogP contribution in [0.15, 0.2) is 18.3 Å². The molecule has 0 aromatic carbocycles. The molecule has 76 valence electrons. The van der Waals surface area contributed by atoms with Gasteiger partial charge in [0.15, 0.2) is 0 Å². The number of nitrogens with zero attached hydrogens (tertiary/aromatic N) is 1. The highest BCUT2D eigenvalue weighted by molar-refractivity contribution is 5.26. The molecule has 1 aromatic rings.